The number of amides is 1. The van der Waals surface area contributed by atoms with E-state index in [1.54, 1.807) is 19.1 Å². The molecule has 0 spiro atoms. The molecule has 27 heavy (non-hydrogen) atoms. The Hall–Kier alpha value is -3.47. The average molecular weight is 360 g/mol. The standard InChI is InChI=1S/C22H20N2O3/c1-26-17-12-15(13-18(14-17)27-2)21-23-20-11-7-6-10-19(20)22(25)24(21)16-8-4-3-5-9-16/h3-14,21,23H,1-2H3/t21-/m1/s1. The first-order valence-electron chi connectivity index (χ1n) is 8.68. The number of anilines is 2. The Morgan fingerprint density at radius 2 is 1.48 bits per heavy atom. The van der Waals surface area contributed by atoms with Crippen LogP contribution in [0.4, 0.5) is 11.4 Å². The van der Waals surface area contributed by atoms with Gasteiger partial charge in [0, 0.05) is 23.0 Å². The third-order valence-electron chi connectivity index (χ3n) is 4.65. The van der Waals surface area contributed by atoms with E-state index in [1.165, 1.54) is 0 Å². The second kappa shape index (κ2) is 7.03. The van der Waals surface area contributed by atoms with E-state index in [0.717, 1.165) is 16.9 Å². The van der Waals surface area contributed by atoms with E-state index < -0.39 is 6.17 Å². The summed E-state index contributed by atoms with van der Waals surface area (Å²) in [6.45, 7) is 0. The molecule has 1 heterocycles. The Kier molecular flexibility index (Phi) is 4.42. The predicted octanol–water partition coefficient (Wildman–Crippen LogP) is 4.47. The zero-order valence-electron chi connectivity index (χ0n) is 15.2. The van der Waals surface area contributed by atoms with Crippen LogP contribution < -0.4 is 19.7 Å². The normalized spacial score (nSPS) is 15.7. The van der Waals surface area contributed by atoms with Crippen molar-refractivity contribution in [2.75, 3.05) is 24.4 Å². The fourth-order valence-corrected chi connectivity index (χ4v) is 3.33. The molecule has 4 rings (SSSR count). The van der Waals surface area contributed by atoms with Crippen LogP contribution in [0, 0.1) is 0 Å². The summed E-state index contributed by atoms with van der Waals surface area (Å²) in [5, 5.41) is 3.49. The number of carbonyl (C=O) groups is 1. The van der Waals surface area contributed by atoms with Crippen molar-refractivity contribution in [3.63, 3.8) is 0 Å². The maximum absolute atomic E-state index is 13.3. The summed E-state index contributed by atoms with van der Waals surface area (Å²) >= 11 is 0. The van der Waals surface area contributed by atoms with Gasteiger partial charge < -0.3 is 14.8 Å². The van der Waals surface area contributed by atoms with E-state index in [1.807, 2.05) is 72.8 Å². The summed E-state index contributed by atoms with van der Waals surface area (Å²) in [5.41, 5.74) is 3.14. The molecule has 5 heteroatoms. The molecule has 1 atom stereocenters. The van der Waals surface area contributed by atoms with Gasteiger partial charge in [-0.3, -0.25) is 9.69 Å². The molecule has 3 aromatic carbocycles. The SMILES string of the molecule is COc1cc(OC)cc([C@@H]2Nc3ccccc3C(=O)N2c2ccccc2)c1. The van der Waals surface area contributed by atoms with Crippen LogP contribution in [0.5, 0.6) is 11.5 Å². The van der Waals surface area contributed by atoms with Crippen LogP contribution in [0.1, 0.15) is 22.1 Å². The first-order valence-corrected chi connectivity index (χ1v) is 8.68. The van der Waals surface area contributed by atoms with Gasteiger partial charge in [0.1, 0.15) is 17.7 Å². The van der Waals surface area contributed by atoms with E-state index in [9.17, 15) is 4.79 Å². The molecule has 0 radical (unpaired) electrons. The molecular weight excluding hydrogens is 340 g/mol. The molecule has 0 aliphatic carbocycles. The zero-order chi connectivity index (χ0) is 18.8. The minimum atomic E-state index is -0.390. The molecule has 1 aliphatic rings. The van der Waals surface area contributed by atoms with Crippen LogP contribution in [0.25, 0.3) is 0 Å². The number of benzene rings is 3. The largest absolute Gasteiger partial charge is 0.497 e. The van der Waals surface area contributed by atoms with Crippen molar-refractivity contribution in [3.05, 3.63) is 83.9 Å². The topological polar surface area (TPSA) is 50.8 Å². The molecule has 1 aliphatic heterocycles. The van der Waals surface area contributed by atoms with Gasteiger partial charge in [-0.2, -0.15) is 0 Å². The third-order valence-corrected chi connectivity index (χ3v) is 4.65. The molecule has 0 unspecified atom stereocenters. The number of carbonyl (C=O) groups excluding carboxylic acids is 1. The lowest BCUT2D eigenvalue weighted by Gasteiger charge is -2.38. The predicted molar refractivity (Wildman–Crippen MR) is 106 cm³/mol. The van der Waals surface area contributed by atoms with Crippen molar-refractivity contribution in [2.45, 2.75) is 6.17 Å². The highest BCUT2D eigenvalue weighted by atomic mass is 16.5. The molecule has 1 N–H and O–H groups in total. The molecule has 136 valence electrons. The van der Waals surface area contributed by atoms with Crippen molar-refractivity contribution in [2.24, 2.45) is 0 Å². The van der Waals surface area contributed by atoms with E-state index >= 15 is 0 Å². The zero-order valence-corrected chi connectivity index (χ0v) is 15.2. The minimum Gasteiger partial charge on any atom is -0.497 e. The second-order valence-electron chi connectivity index (χ2n) is 6.25. The molecule has 5 nitrogen and oxygen atoms in total. The number of ether oxygens (including phenoxy) is 2. The summed E-state index contributed by atoms with van der Waals surface area (Å²) in [6, 6.07) is 22.8. The quantitative estimate of drug-likeness (QED) is 0.746. The molecule has 1 amide bonds. The van der Waals surface area contributed by atoms with Gasteiger partial charge in [-0.1, -0.05) is 30.3 Å². The van der Waals surface area contributed by atoms with E-state index in [-0.39, 0.29) is 5.91 Å². The van der Waals surface area contributed by atoms with Gasteiger partial charge in [-0.05, 0) is 36.4 Å². The number of nitrogens with one attached hydrogen (secondary N) is 1. The highest BCUT2D eigenvalue weighted by molar-refractivity contribution is 6.12. The Balaban J connectivity index is 1.88. The number of nitrogens with zero attached hydrogens (tertiary/aromatic N) is 1. The molecule has 0 saturated carbocycles. The molecule has 0 saturated heterocycles. The van der Waals surface area contributed by atoms with Gasteiger partial charge in [0.25, 0.3) is 5.91 Å². The molecule has 0 aromatic heterocycles. The van der Waals surface area contributed by atoms with Crippen molar-refractivity contribution in [1.29, 1.82) is 0 Å². The Morgan fingerprint density at radius 1 is 0.852 bits per heavy atom. The maximum Gasteiger partial charge on any atom is 0.262 e. The Morgan fingerprint density at radius 3 is 2.15 bits per heavy atom. The van der Waals surface area contributed by atoms with Crippen molar-refractivity contribution in [1.82, 2.24) is 0 Å². The maximum atomic E-state index is 13.3. The lowest BCUT2D eigenvalue weighted by atomic mass is 10.0. The van der Waals surface area contributed by atoms with E-state index in [0.29, 0.717) is 17.1 Å². The van der Waals surface area contributed by atoms with Crippen molar-refractivity contribution >= 4 is 17.3 Å². The lowest BCUT2D eigenvalue weighted by Crippen LogP contribution is -2.43. The van der Waals surface area contributed by atoms with Gasteiger partial charge >= 0.3 is 0 Å². The number of methoxy groups -OCH3 is 2. The van der Waals surface area contributed by atoms with Gasteiger partial charge in [-0.25, -0.2) is 0 Å². The summed E-state index contributed by atoms with van der Waals surface area (Å²) in [4.78, 5) is 15.1. The van der Waals surface area contributed by atoms with Crippen molar-refractivity contribution in [3.8, 4) is 11.5 Å². The molecule has 3 aromatic rings. The van der Waals surface area contributed by atoms with Crippen LogP contribution >= 0.6 is 0 Å². The first kappa shape index (κ1) is 17.0. The van der Waals surface area contributed by atoms with Crippen LogP contribution in [-0.2, 0) is 0 Å². The first-order chi connectivity index (χ1) is 13.2. The van der Waals surface area contributed by atoms with Crippen LogP contribution in [0.2, 0.25) is 0 Å². The van der Waals surface area contributed by atoms with Crippen LogP contribution in [-0.4, -0.2) is 20.1 Å². The van der Waals surface area contributed by atoms with Crippen LogP contribution in [0.3, 0.4) is 0 Å². The summed E-state index contributed by atoms with van der Waals surface area (Å²) in [6.07, 6.45) is -0.390. The van der Waals surface area contributed by atoms with Gasteiger partial charge in [-0.15, -0.1) is 0 Å². The number of para-hydroxylation sites is 2. The van der Waals surface area contributed by atoms with E-state index in [4.69, 9.17) is 9.47 Å². The summed E-state index contributed by atoms with van der Waals surface area (Å²) in [7, 11) is 3.23. The Bertz CT molecular complexity index is 950. The number of hydrogen-bond donors (Lipinski definition) is 1. The van der Waals surface area contributed by atoms with E-state index in [2.05, 4.69) is 5.32 Å². The molecular formula is C22H20N2O3. The van der Waals surface area contributed by atoms with Gasteiger partial charge in [0.15, 0.2) is 0 Å². The van der Waals surface area contributed by atoms with Crippen LogP contribution in [0.15, 0.2) is 72.8 Å². The summed E-state index contributed by atoms with van der Waals surface area (Å²) < 4.78 is 10.8. The number of fused-ring (bicyclic) bond motifs is 1. The fourth-order valence-electron chi connectivity index (χ4n) is 3.33. The minimum absolute atomic E-state index is 0.0534. The third kappa shape index (κ3) is 3.08. The van der Waals surface area contributed by atoms with Gasteiger partial charge in [0.2, 0.25) is 0 Å². The summed E-state index contributed by atoms with van der Waals surface area (Å²) in [5.74, 6) is 1.29. The average Bonchev–Trinajstić information content (AvgIpc) is 2.73. The van der Waals surface area contributed by atoms with Crippen molar-refractivity contribution < 1.29 is 14.3 Å². The molecule has 0 bridgehead atoms. The smallest absolute Gasteiger partial charge is 0.262 e. The van der Waals surface area contributed by atoms with Gasteiger partial charge in [0.05, 0.1) is 19.8 Å². The number of rotatable bonds is 4. The number of hydrogen-bond acceptors (Lipinski definition) is 4. The highest BCUT2D eigenvalue weighted by Crippen LogP contribution is 2.38. The molecule has 0 fully saturated rings. The highest BCUT2D eigenvalue weighted by Gasteiger charge is 2.34. The Labute approximate surface area is 158 Å². The monoisotopic (exact) mass is 360 g/mol. The lowest BCUT2D eigenvalue weighted by molar-refractivity contribution is 0.0975. The fraction of sp³-hybridized carbons (Fsp3) is 0.136. The second-order valence-corrected chi connectivity index (χ2v) is 6.25.